The van der Waals surface area contributed by atoms with Gasteiger partial charge in [0.25, 0.3) is 0 Å². The summed E-state index contributed by atoms with van der Waals surface area (Å²) in [6.45, 7) is 0.212. The predicted octanol–water partition coefficient (Wildman–Crippen LogP) is 3.39. The molecule has 0 bridgehead atoms. The summed E-state index contributed by atoms with van der Waals surface area (Å²) in [5.41, 5.74) is 5.40. The standard InChI is InChI=1S/C15H11ClN4O2/c16-10-6-14-13(21-8-22-14)5-9(10)7-17-20-15-18-11-3-1-2-4-12(11)19-15/h1-7H,8H2,(H2,18,19,20)/b17-7-. The van der Waals surface area contributed by atoms with E-state index >= 15 is 0 Å². The number of H-pyrrole nitrogens is 1. The number of rotatable bonds is 3. The summed E-state index contributed by atoms with van der Waals surface area (Å²) in [4.78, 5) is 7.49. The molecule has 1 aliphatic rings. The SMILES string of the molecule is Clc1cc2c(cc1/C=N\Nc1nc3ccccc3[nH]1)OCO2. The minimum atomic E-state index is 0.212. The van der Waals surface area contributed by atoms with Gasteiger partial charge in [-0.2, -0.15) is 5.10 Å². The van der Waals surface area contributed by atoms with Crippen LogP contribution in [0.25, 0.3) is 11.0 Å². The lowest BCUT2D eigenvalue weighted by molar-refractivity contribution is 0.174. The minimum absolute atomic E-state index is 0.212. The molecule has 0 saturated carbocycles. The summed E-state index contributed by atoms with van der Waals surface area (Å²) in [6, 6.07) is 11.3. The van der Waals surface area contributed by atoms with Crippen LogP contribution in [-0.2, 0) is 0 Å². The highest BCUT2D eigenvalue weighted by atomic mass is 35.5. The van der Waals surface area contributed by atoms with Crippen molar-refractivity contribution in [2.45, 2.75) is 0 Å². The van der Waals surface area contributed by atoms with Crippen LogP contribution < -0.4 is 14.9 Å². The Balaban J connectivity index is 1.54. The van der Waals surface area contributed by atoms with Crippen molar-refractivity contribution in [2.24, 2.45) is 5.10 Å². The van der Waals surface area contributed by atoms with Gasteiger partial charge in [0, 0.05) is 11.6 Å². The number of aromatic amines is 1. The van der Waals surface area contributed by atoms with Gasteiger partial charge >= 0.3 is 0 Å². The quantitative estimate of drug-likeness (QED) is 0.574. The van der Waals surface area contributed by atoms with Crippen molar-refractivity contribution in [2.75, 3.05) is 12.2 Å². The Hall–Kier alpha value is -2.73. The first-order chi connectivity index (χ1) is 10.8. The average molecular weight is 315 g/mol. The average Bonchev–Trinajstić information content (AvgIpc) is 3.12. The number of nitrogens with one attached hydrogen (secondary N) is 2. The van der Waals surface area contributed by atoms with Gasteiger partial charge in [-0.3, -0.25) is 0 Å². The van der Waals surface area contributed by atoms with Crippen LogP contribution in [0.4, 0.5) is 5.95 Å². The Kier molecular flexibility index (Phi) is 3.08. The van der Waals surface area contributed by atoms with Crippen LogP contribution in [0.1, 0.15) is 5.56 Å². The smallest absolute Gasteiger partial charge is 0.231 e. The van der Waals surface area contributed by atoms with Crippen molar-refractivity contribution in [3.8, 4) is 11.5 Å². The van der Waals surface area contributed by atoms with E-state index in [4.69, 9.17) is 21.1 Å². The predicted molar refractivity (Wildman–Crippen MR) is 84.9 cm³/mol. The van der Waals surface area contributed by atoms with E-state index in [1.807, 2.05) is 24.3 Å². The molecule has 4 rings (SSSR count). The van der Waals surface area contributed by atoms with Crippen molar-refractivity contribution >= 4 is 34.8 Å². The summed E-state index contributed by atoms with van der Waals surface area (Å²) < 4.78 is 10.6. The second kappa shape index (κ2) is 5.23. The fourth-order valence-corrected chi connectivity index (χ4v) is 2.40. The van der Waals surface area contributed by atoms with E-state index in [9.17, 15) is 0 Å². The highest BCUT2D eigenvalue weighted by molar-refractivity contribution is 6.33. The zero-order valence-corrected chi connectivity index (χ0v) is 12.1. The molecule has 7 heteroatoms. The third-order valence-corrected chi connectivity index (χ3v) is 3.58. The number of nitrogens with zero attached hydrogens (tertiary/aromatic N) is 2. The van der Waals surface area contributed by atoms with E-state index in [-0.39, 0.29) is 6.79 Å². The van der Waals surface area contributed by atoms with E-state index in [2.05, 4.69) is 20.5 Å². The first-order valence-electron chi connectivity index (χ1n) is 6.62. The van der Waals surface area contributed by atoms with Gasteiger partial charge in [0.15, 0.2) is 11.5 Å². The van der Waals surface area contributed by atoms with Crippen LogP contribution in [0.3, 0.4) is 0 Å². The highest BCUT2D eigenvalue weighted by Crippen LogP contribution is 2.36. The number of imidazole rings is 1. The molecule has 2 N–H and O–H groups in total. The van der Waals surface area contributed by atoms with Crippen LogP contribution in [0, 0.1) is 0 Å². The summed E-state index contributed by atoms with van der Waals surface area (Å²) in [6.07, 6.45) is 1.61. The Bertz CT molecular complexity index is 842. The third-order valence-electron chi connectivity index (χ3n) is 3.26. The van der Waals surface area contributed by atoms with Crippen LogP contribution in [0.5, 0.6) is 11.5 Å². The zero-order chi connectivity index (χ0) is 14.9. The van der Waals surface area contributed by atoms with E-state index in [1.54, 1.807) is 18.3 Å². The molecule has 0 aliphatic carbocycles. The second-order valence-corrected chi connectivity index (χ2v) is 5.11. The van der Waals surface area contributed by atoms with E-state index in [0.717, 1.165) is 16.6 Å². The van der Waals surface area contributed by atoms with Crippen molar-refractivity contribution in [1.29, 1.82) is 0 Å². The number of hydrogen-bond donors (Lipinski definition) is 2. The van der Waals surface area contributed by atoms with Gasteiger partial charge in [-0.15, -0.1) is 0 Å². The molecule has 0 atom stereocenters. The van der Waals surface area contributed by atoms with Crippen molar-refractivity contribution in [1.82, 2.24) is 9.97 Å². The fourth-order valence-electron chi connectivity index (χ4n) is 2.20. The van der Waals surface area contributed by atoms with E-state index < -0.39 is 0 Å². The Morgan fingerprint density at radius 2 is 2.05 bits per heavy atom. The molecule has 0 unspecified atom stereocenters. The normalized spacial score (nSPS) is 13.1. The molecule has 0 saturated heterocycles. The van der Waals surface area contributed by atoms with Crippen LogP contribution in [0.2, 0.25) is 5.02 Å². The Morgan fingerprint density at radius 3 is 2.91 bits per heavy atom. The number of aromatic nitrogens is 2. The van der Waals surface area contributed by atoms with Crippen molar-refractivity contribution in [3.05, 3.63) is 47.0 Å². The van der Waals surface area contributed by atoms with Gasteiger partial charge in [-0.1, -0.05) is 23.7 Å². The van der Waals surface area contributed by atoms with E-state index in [1.165, 1.54) is 0 Å². The van der Waals surface area contributed by atoms with Crippen LogP contribution in [0.15, 0.2) is 41.5 Å². The van der Waals surface area contributed by atoms with Gasteiger partial charge in [-0.25, -0.2) is 10.4 Å². The highest BCUT2D eigenvalue weighted by Gasteiger charge is 2.15. The summed E-state index contributed by atoms with van der Waals surface area (Å²) in [5.74, 6) is 1.87. The number of anilines is 1. The Morgan fingerprint density at radius 1 is 1.23 bits per heavy atom. The summed E-state index contributed by atoms with van der Waals surface area (Å²) >= 11 is 6.18. The molecule has 6 nitrogen and oxygen atoms in total. The molecule has 0 fully saturated rings. The minimum Gasteiger partial charge on any atom is -0.454 e. The molecule has 0 spiro atoms. The van der Waals surface area contributed by atoms with E-state index in [0.29, 0.717) is 22.5 Å². The van der Waals surface area contributed by atoms with Gasteiger partial charge < -0.3 is 14.5 Å². The van der Waals surface area contributed by atoms with Gasteiger partial charge in [0.2, 0.25) is 12.7 Å². The second-order valence-electron chi connectivity index (χ2n) is 4.70. The largest absolute Gasteiger partial charge is 0.454 e. The molecule has 2 heterocycles. The van der Waals surface area contributed by atoms with Crippen LogP contribution >= 0.6 is 11.6 Å². The fraction of sp³-hybridized carbons (Fsp3) is 0.0667. The summed E-state index contributed by atoms with van der Waals surface area (Å²) in [5, 5.41) is 4.68. The maximum atomic E-state index is 6.18. The lowest BCUT2D eigenvalue weighted by atomic mass is 10.2. The first kappa shape index (κ1) is 13.0. The van der Waals surface area contributed by atoms with Crippen LogP contribution in [-0.4, -0.2) is 23.0 Å². The topological polar surface area (TPSA) is 71.5 Å². The monoisotopic (exact) mass is 314 g/mol. The number of benzene rings is 2. The molecule has 110 valence electrons. The number of ether oxygens (including phenoxy) is 2. The number of fused-ring (bicyclic) bond motifs is 2. The molecule has 3 aromatic rings. The van der Waals surface area contributed by atoms with Crippen molar-refractivity contribution in [3.63, 3.8) is 0 Å². The zero-order valence-electron chi connectivity index (χ0n) is 11.3. The van der Waals surface area contributed by atoms with Gasteiger partial charge in [-0.05, 0) is 18.2 Å². The molecule has 22 heavy (non-hydrogen) atoms. The summed E-state index contributed by atoms with van der Waals surface area (Å²) in [7, 11) is 0. The molecular weight excluding hydrogens is 304 g/mol. The maximum absolute atomic E-state index is 6.18. The first-order valence-corrected chi connectivity index (χ1v) is 7.00. The number of hydrogen-bond acceptors (Lipinski definition) is 5. The molecule has 0 radical (unpaired) electrons. The number of halogens is 1. The number of para-hydroxylation sites is 2. The lowest BCUT2D eigenvalue weighted by Gasteiger charge is -2.01. The maximum Gasteiger partial charge on any atom is 0.231 e. The van der Waals surface area contributed by atoms with Crippen molar-refractivity contribution < 1.29 is 9.47 Å². The Labute approximate surface area is 130 Å². The molecule has 0 amide bonds. The number of hydrazone groups is 1. The van der Waals surface area contributed by atoms with Gasteiger partial charge in [0.05, 0.1) is 22.3 Å². The molecular formula is C15H11ClN4O2. The third kappa shape index (κ3) is 2.33. The molecule has 1 aromatic heterocycles. The van der Waals surface area contributed by atoms with Gasteiger partial charge in [0.1, 0.15) is 0 Å². The lowest BCUT2D eigenvalue weighted by Crippen LogP contribution is -1.93. The molecule has 1 aliphatic heterocycles. The molecule has 2 aromatic carbocycles.